The Morgan fingerprint density at radius 2 is 2.19 bits per heavy atom. The number of aromatic nitrogens is 3. The first-order valence-electron chi connectivity index (χ1n) is 6.44. The summed E-state index contributed by atoms with van der Waals surface area (Å²) in [6.07, 6.45) is 0.744. The van der Waals surface area contributed by atoms with E-state index >= 15 is 0 Å². The highest BCUT2D eigenvalue weighted by atomic mass is 35.5. The molecule has 0 radical (unpaired) electrons. The van der Waals surface area contributed by atoms with E-state index in [1.807, 2.05) is 31.3 Å². The van der Waals surface area contributed by atoms with Gasteiger partial charge in [-0.1, -0.05) is 5.16 Å². The summed E-state index contributed by atoms with van der Waals surface area (Å²) >= 11 is 0. The minimum atomic E-state index is 0. The molecule has 3 aromatic rings. The number of hydrogen-bond donors (Lipinski definition) is 2. The summed E-state index contributed by atoms with van der Waals surface area (Å²) in [5.41, 5.74) is 1.80. The van der Waals surface area contributed by atoms with Crippen LogP contribution < -0.4 is 10.1 Å². The lowest BCUT2D eigenvalue weighted by molar-refractivity contribution is 0.415. The third kappa shape index (κ3) is 3.17. The number of fused-ring (bicyclic) bond motifs is 1. The molecule has 0 unspecified atom stereocenters. The molecule has 7 heteroatoms. The first-order chi connectivity index (χ1) is 9.80. The Balaban J connectivity index is 0.00000161. The van der Waals surface area contributed by atoms with Crippen molar-refractivity contribution in [2.75, 3.05) is 20.7 Å². The zero-order valence-corrected chi connectivity index (χ0v) is 12.7. The van der Waals surface area contributed by atoms with E-state index in [0.717, 1.165) is 35.3 Å². The van der Waals surface area contributed by atoms with Gasteiger partial charge in [-0.05, 0) is 25.2 Å². The van der Waals surface area contributed by atoms with Crippen molar-refractivity contribution >= 4 is 23.3 Å². The number of nitrogens with zero attached hydrogens (tertiary/aromatic N) is 2. The Hall–Kier alpha value is -2.05. The van der Waals surface area contributed by atoms with Gasteiger partial charge in [0.05, 0.1) is 7.11 Å². The highest BCUT2D eigenvalue weighted by Gasteiger charge is 2.11. The van der Waals surface area contributed by atoms with E-state index in [-0.39, 0.29) is 12.4 Å². The summed E-state index contributed by atoms with van der Waals surface area (Å²) in [6, 6.07) is 7.85. The molecule has 3 rings (SSSR count). The van der Waals surface area contributed by atoms with Gasteiger partial charge in [0, 0.05) is 29.9 Å². The molecule has 0 aliphatic rings. The lowest BCUT2D eigenvalue weighted by Crippen LogP contribution is -2.10. The monoisotopic (exact) mass is 308 g/mol. The average molecular weight is 309 g/mol. The van der Waals surface area contributed by atoms with Crippen molar-refractivity contribution in [3.8, 4) is 17.3 Å². The van der Waals surface area contributed by atoms with Crippen LogP contribution in [0.25, 0.3) is 22.5 Å². The first-order valence-corrected chi connectivity index (χ1v) is 6.44. The molecule has 0 spiro atoms. The van der Waals surface area contributed by atoms with E-state index in [9.17, 15) is 0 Å². The predicted molar refractivity (Wildman–Crippen MR) is 83.0 cm³/mol. The second-order valence-corrected chi connectivity index (χ2v) is 4.51. The minimum Gasteiger partial charge on any atom is -0.497 e. The average Bonchev–Trinajstić information content (AvgIpc) is 3.10. The number of likely N-dealkylation sites (N-methyl/N-ethyl adjacent to an activating group) is 1. The van der Waals surface area contributed by atoms with E-state index < -0.39 is 0 Å². The van der Waals surface area contributed by atoms with Crippen LogP contribution in [0, 0.1) is 0 Å². The van der Waals surface area contributed by atoms with Gasteiger partial charge in [0.15, 0.2) is 5.82 Å². The number of rotatable bonds is 5. The second-order valence-electron chi connectivity index (χ2n) is 4.51. The molecular formula is C14H17ClN4O2. The molecule has 0 aliphatic carbocycles. The van der Waals surface area contributed by atoms with E-state index in [2.05, 4.69) is 20.4 Å². The van der Waals surface area contributed by atoms with Gasteiger partial charge in [0.1, 0.15) is 11.4 Å². The van der Waals surface area contributed by atoms with Crippen molar-refractivity contribution in [1.82, 2.24) is 20.4 Å². The first kappa shape index (κ1) is 15.3. The largest absolute Gasteiger partial charge is 0.497 e. The van der Waals surface area contributed by atoms with Crippen LogP contribution in [0.4, 0.5) is 0 Å². The van der Waals surface area contributed by atoms with Gasteiger partial charge in [0.25, 0.3) is 5.89 Å². The molecule has 0 saturated heterocycles. The third-order valence-electron chi connectivity index (χ3n) is 3.13. The maximum Gasteiger partial charge on any atom is 0.274 e. The summed E-state index contributed by atoms with van der Waals surface area (Å²) in [7, 11) is 3.54. The van der Waals surface area contributed by atoms with Crippen LogP contribution in [0.3, 0.4) is 0 Å². The van der Waals surface area contributed by atoms with Crippen molar-refractivity contribution in [3.05, 3.63) is 30.1 Å². The van der Waals surface area contributed by atoms with Gasteiger partial charge in [0.2, 0.25) is 0 Å². The number of nitrogens with one attached hydrogen (secondary N) is 2. The number of hydrogen-bond acceptors (Lipinski definition) is 5. The quantitative estimate of drug-likeness (QED) is 0.757. The van der Waals surface area contributed by atoms with Gasteiger partial charge in [-0.3, -0.25) is 0 Å². The summed E-state index contributed by atoms with van der Waals surface area (Å²) in [5, 5.41) is 8.10. The van der Waals surface area contributed by atoms with Gasteiger partial charge >= 0.3 is 0 Å². The van der Waals surface area contributed by atoms with E-state index in [1.165, 1.54) is 0 Å². The number of halogens is 1. The van der Waals surface area contributed by atoms with E-state index in [4.69, 9.17) is 9.26 Å². The number of ether oxygens (including phenoxy) is 1. The summed E-state index contributed by atoms with van der Waals surface area (Å²) in [5.74, 6) is 2.02. The molecule has 2 N–H and O–H groups in total. The van der Waals surface area contributed by atoms with Crippen LogP contribution in [0.2, 0.25) is 0 Å². The molecule has 2 heterocycles. The second kappa shape index (κ2) is 6.60. The molecule has 112 valence electrons. The SMILES string of the molecule is CNCCc1noc(-c2cc3ccc(OC)cc3[nH]2)n1.Cl. The highest BCUT2D eigenvalue weighted by molar-refractivity contribution is 5.86. The maximum absolute atomic E-state index is 5.28. The maximum atomic E-state index is 5.28. The predicted octanol–water partition coefficient (Wildman–Crippen LogP) is 2.41. The fourth-order valence-electron chi connectivity index (χ4n) is 2.05. The molecule has 0 amide bonds. The van der Waals surface area contributed by atoms with Gasteiger partial charge in [-0.15, -0.1) is 12.4 Å². The Morgan fingerprint density at radius 1 is 1.33 bits per heavy atom. The zero-order valence-electron chi connectivity index (χ0n) is 11.8. The van der Waals surface area contributed by atoms with Crippen LogP contribution in [0.5, 0.6) is 5.75 Å². The Bertz CT molecular complexity index is 723. The number of benzene rings is 1. The van der Waals surface area contributed by atoms with E-state index in [1.54, 1.807) is 7.11 Å². The van der Waals surface area contributed by atoms with Crippen molar-refractivity contribution in [3.63, 3.8) is 0 Å². The fraction of sp³-hybridized carbons (Fsp3) is 0.286. The zero-order chi connectivity index (χ0) is 13.9. The Labute approximate surface area is 128 Å². The van der Waals surface area contributed by atoms with Gasteiger partial charge < -0.3 is 19.6 Å². The normalized spacial score (nSPS) is 10.6. The molecule has 0 aliphatic heterocycles. The topological polar surface area (TPSA) is 76.0 Å². The molecule has 0 saturated carbocycles. The van der Waals surface area contributed by atoms with Gasteiger partial charge in [-0.25, -0.2) is 0 Å². The van der Waals surface area contributed by atoms with Crippen molar-refractivity contribution < 1.29 is 9.26 Å². The van der Waals surface area contributed by atoms with Crippen LogP contribution >= 0.6 is 12.4 Å². The molecule has 21 heavy (non-hydrogen) atoms. The van der Waals surface area contributed by atoms with Crippen molar-refractivity contribution in [2.45, 2.75) is 6.42 Å². The minimum absolute atomic E-state index is 0. The molecule has 6 nitrogen and oxygen atoms in total. The summed E-state index contributed by atoms with van der Waals surface area (Å²) in [4.78, 5) is 7.64. The molecule has 2 aromatic heterocycles. The summed E-state index contributed by atoms with van der Waals surface area (Å²) in [6.45, 7) is 0.822. The van der Waals surface area contributed by atoms with Gasteiger partial charge in [-0.2, -0.15) is 4.98 Å². The van der Waals surface area contributed by atoms with Crippen LogP contribution in [-0.2, 0) is 6.42 Å². The van der Waals surface area contributed by atoms with Crippen LogP contribution in [0.15, 0.2) is 28.8 Å². The third-order valence-corrected chi connectivity index (χ3v) is 3.13. The standard InChI is InChI=1S/C14H16N4O2.ClH/c1-15-6-5-13-17-14(20-18-13)12-7-9-3-4-10(19-2)8-11(9)16-12;/h3-4,7-8,15-16H,5-6H2,1-2H3;1H. The molecule has 1 aromatic carbocycles. The van der Waals surface area contributed by atoms with E-state index in [0.29, 0.717) is 11.7 Å². The molecule has 0 bridgehead atoms. The van der Waals surface area contributed by atoms with Crippen LogP contribution in [-0.4, -0.2) is 35.8 Å². The lowest BCUT2D eigenvalue weighted by atomic mass is 10.2. The molecule has 0 fully saturated rings. The molecule has 0 atom stereocenters. The smallest absolute Gasteiger partial charge is 0.274 e. The van der Waals surface area contributed by atoms with Crippen LogP contribution in [0.1, 0.15) is 5.82 Å². The fourth-order valence-corrected chi connectivity index (χ4v) is 2.05. The number of methoxy groups -OCH3 is 1. The van der Waals surface area contributed by atoms with Crippen molar-refractivity contribution in [2.24, 2.45) is 0 Å². The Morgan fingerprint density at radius 3 is 2.95 bits per heavy atom. The van der Waals surface area contributed by atoms with Crippen molar-refractivity contribution in [1.29, 1.82) is 0 Å². The number of H-pyrrole nitrogens is 1. The number of aromatic amines is 1. The molecular weight excluding hydrogens is 292 g/mol. The highest BCUT2D eigenvalue weighted by Crippen LogP contribution is 2.25. The summed E-state index contributed by atoms with van der Waals surface area (Å²) < 4.78 is 10.5. The lowest BCUT2D eigenvalue weighted by Gasteiger charge is -1.97. The Kier molecular flexibility index (Phi) is 4.82.